The van der Waals surface area contributed by atoms with Crippen molar-refractivity contribution in [3.05, 3.63) is 0 Å². The fourth-order valence-electron chi connectivity index (χ4n) is 2.23. The van der Waals surface area contributed by atoms with Crippen LogP contribution in [0.25, 0.3) is 0 Å². The van der Waals surface area contributed by atoms with Crippen LogP contribution in [0, 0.1) is 5.41 Å². The van der Waals surface area contributed by atoms with E-state index in [4.69, 9.17) is 9.84 Å². The van der Waals surface area contributed by atoms with Crippen LogP contribution in [0.3, 0.4) is 0 Å². The molecule has 1 aliphatic rings. The molecule has 0 amide bonds. The number of rotatable bonds is 6. The first-order valence-electron chi connectivity index (χ1n) is 6.91. The van der Waals surface area contributed by atoms with Gasteiger partial charge in [-0.2, -0.15) is 0 Å². The van der Waals surface area contributed by atoms with Crippen LogP contribution < -0.4 is 0 Å². The van der Waals surface area contributed by atoms with Crippen LogP contribution >= 0.6 is 0 Å². The van der Waals surface area contributed by atoms with E-state index in [2.05, 4.69) is 0 Å². The number of carboxylic acid groups (broad SMARTS) is 1. The zero-order chi connectivity index (χ0) is 15.4. The predicted octanol–water partition coefficient (Wildman–Crippen LogP) is 1.32. The maximum absolute atomic E-state index is 12.2. The maximum atomic E-state index is 12.2. The Balaban J connectivity index is 2.40. The fraction of sp³-hybridized carbons (Fsp3) is 0.923. The summed E-state index contributed by atoms with van der Waals surface area (Å²) in [4.78, 5) is 10.4. The van der Waals surface area contributed by atoms with Crippen molar-refractivity contribution in [2.45, 2.75) is 46.1 Å². The van der Waals surface area contributed by atoms with Crippen LogP contribution in [0.5, 0.6) is 0 Å². The molecule has 20 heavy (non-hydrogen) atoms. The lowest BCUT2D eigenvalue weighted by molar-refractivity contribution is -0.138. The van der Waals surface area contributed by atoms with E-state index >= 15 is 0 Å². The van der Waals surface area contributed by atoms with Gasteiger partial charge in [0, 0.05) is 13.1 Å². The highest BCUT2D eigenvalue weighted by Crippen LogP contribution is 2.22. The van der Waals surface area contributed by atoms with E-state index in [1.807, 2.05) is 20.8 Å². The maximum Gasteiger partial charge on any atom is 0.305 e. The molecule has 0 aromatic rings. The van der Waals surface area contributed by atoms with Gasteiger partial charge >= 0.3 is 5.97 Å². The molecular weight excluding hydrogens is 282 g/mol. The minimum atomic E-state index is -3.21. The summed E-state index contributed by atoms with van der Waals surface area (Å²) in [5, 5.41) is 8.53. The van der Waals surface area contributed by atoms with Crippen LogP contribution in [0.4, 0.5) is 0 Å². The first-order valence-corrected chi connectivity index (χ1v) is 8.52. The Morgan fingerprint density at radius 3 is 2.30 bits per heavy atom. The minimum absolute atomic E-state index is 0.0114. The average Bonchev–Trinajstić information content (AvgIpc) is 2.26. The molecule has 6 nitrogen and oxygen atoms in total. The molecule has 0 saturated carbocycles. The Kier molecular flexibility index (Phi) is 5.97. The third-order valence-electron chi connectivity index (χ3n) is 3.08. The van der Waals surface area contributed by atoms with Gasteiger partial charge in [0.1, 0.15) is 0 Å². The molecule has 0 aromatic carbocycles. The first kappa shape index (κ1) is 17.4. The van der Waals surface area contributed by atoms with E-state index in [9.17, 15) is 13.2 Å². The van der Waals surface area contributed by atoms with Crippen LogP contribution in [0.1, 0.15) is 40.0 Å². The van der Waals surface area contributed by atoms with E-state index in [1.165, 1.54) is 4.31 Å². The van der Waals surface area contributed by atoms with Crippen molar-refractivity contribution in [2.24, 2.45) is 5.41 Å². The molecule has 1 aliphatic heterocycles. The number of piperidine rings is 1. The number of hydrogen-bond donors (Lipinski definition) is 1. The largest absolute Gasteiger partial charge is 0.481 e. The molecule has 1 N–H and O–H groups in total. The Labute approximate surface area is 121 Å². The zero-order valence-corrected chi connectivity index (χ0v) is 13.3. The standard InChI is InChI=1S/C13H25NO5S/c1-13(2,3)10-20(17,18)14-7-4-11(5-8-14)19-9-6-12(15)16/h11H,4-10H2,1-3H3,(H,15,16). The molecule has 118 valence electrons. The van der Waals surface area contributed by atoms with Gasteiger partial charge in [0.05, 0.1) is 24.9 Å². The molecule has 0 aromatic heterocycles. The summed E-state index contributed by atoms with van der Waals surface area (Å²) in [5.41, 5.74) is -0.256. The minimum Gasteiger partial charge on any atom is -0.481 e. The Hall–Kier alpha value is -0.660. The average molecular weight is 307 g/mol. The number of aliphatic carboxylic acids is 1. The van der Waals surface area contributed by atoms with E-state index in [0.29, 0.717) is 25.9 Å². The van der Waals surface area contributed by atoms with Crippen LogP contribution in [-0.2, 0) is 19.6 Å². The second kappa shape index (κ2) is 6.87. The molecule has 0 atom stereocenters. The molecule has 0 bridgehead atoms. The summed E-state index contributed by atoms with van der Waals surface area (Å²) < 4.78 is 31.4. The van der Waals surface area contributed by atoms with Gasteiger partial charge < -0.3 is 9.84 Å². The molecule has 1 saturated heterocycles. The van der Waals surface area contributed by atoms with Crippen molar-refractivity contribution in [2.75, 3.05) is 25.4 Å². The Morgan fingerprint density at radius 2 is 1.85 bits per heavy atom. The number of sulfonamides is 1. The van der Waals surface area contributed by atoms with Gasteiger partial charge in [-0.05, 0) is 18.3 Å². The van der Waals surface area contributed by atoms with E-state index in [-0.39, 0.29) is 30.3 Å². The van der Waals surface area contributed by atoms with Gasteiger partial charge in [-0.1, -0.05) is 20.8 Å². The highest BCUT2D eigenvalue weighted by Gasteiger charge is 2.31. The van der Waals surface area contributed by atoms with Gasteiger partial charge in [-0.3, -0.25) is 4.79 Å². The second-order valence-corrected chi connectivity index (χ2v) is 8.40. The normalized spacial score (nSPS) is 19.1. The molecule has 0 radical (unpaired) electrons. The third kappa shape index (κ3) is 6.19. The van der Waals surface area contributed by atoms with Crippen molar-refractivity contribution in [3.8, 4) is 0 Å². The summed E-state index contributed by atoms with van der Waals surface area (Å²) in [6.07, 6.45) is 1.21. The summed E-state index contributed by atoms with van der Waals surface area (Å²) in [6, 6.07) is 0. The van der Waals surface area contributed by atoms with Crippen LogP contribution in [0.2, 0.25) is 0 Å². The van der Waals surface area contributed by atoms with Crippen molar-refractivity contribution >= 4 is 16.0 Å². The lowest BCUT2D eigenvalue weighted by Gasteiger charge is -2.33. The van der Waals surface area contributed by atoms with Crippen LogP contribution in [-0.4, -0.2) is 55.4 Å². The fourth-order valence-corrected chi connectivity index (χ4v) is 4.27. The van der Waals surface area contributed by atoms with Crippen LogP contribution in [0.15, 0.2) is 0 Å². The highest BCUT2D eigenvalue weighted by molar-refractivity contribution is 7.89. The van der Waals surface area contributed by atoms with Gasteiger partial charge in [-0.25, -0.2) is 12.7 Å². The summed E-state index contributed by atoms with van der Waals surface area (Å²) in [5.74, 6) is -0.736. The molecule has 1 rings (SSSR count). The van der Waals surface area contributed by atoms with E-state index < -0.39 is 16.0 Å². The zero-order valence-electron chi connectivity index (χ0n) is 12.5. The molecular formula is C13H25NO5S. The molecule has 1 fully saturated rings. The first-order chi connectivity index (χ1) is 9.10. The number of carboxylic acids is 1. The summed E-state index contributed by atoms with van der Waals surface area (Å²) >= 11 is 0. The monoisotopic (exact) mass is 307 g/mol. The number of hydrogen-bond acceptors (Lipinski definition) is 4. The summed E-state index contributed by atoms with van der Waals surface area (Å²) in [7, 11) is -3.21. The number of carbonyl (C=O) groups is 1. The van der Waals surface area contributed by atoms with Gasteiger partial charge in [0.25, 0.3) is 0 Å². The van der Waals surface area contributed by atoms with Crippen molar-refractivity contribution in [1.82, 2.24) is 4.31 Å². The Morgan fingerprint density at radius 1 is 1.30 bits per heavy atom. The topological polar surface area (TPSA) is 83.9 Å². The van der Waals surface area contributed by atoms with E-state index in [0.717, 1.165) is 0 Å². The second-order valence-electron chi connectivity index (χ2n) is 6.43. The Bertz CT molecular complexity index is 419. The van der Waals surface area contributed by atoms with Crippen molar-refractivity contribution < 1.29 is 23.1 Å². The molecule has 0 aliphatic carbocycles. The van der Waals surface area contributed by atoms with Gasteiger partial charge in [-0.15, -0.1) is 0 Å². The lowest BCUT2D eigenvalue weighted by atomic mass is 10.0. The molecule has 7 heteroatoms. The van der Waals surface area contributed by atoms with Gasteiger partial charge in [0.2, 0.25) is 10.0 Å². The van der Waals surface area contributed by atoms with Gasteiger partial charge in [0.15, 0.2) is 0 Å². The highest BCUT2D eigenvalue weighted by atomic mass is 32.2. The number of nitrogens with zero attached hydrogens (tertiary/aromatic N) is 1. The molecule has 0 unspecified atom stereocenters. The quantitative estimate of drug-likeness (QED) is 0.800. The molecule has 1 heterocycles. The smallest absolute Gasteiger partial charge is 0.305 e. The van der Waals surface area contributed by atoms with Crippen molar-refractivity contribution in [1.29, 1.82) is 0 Å². The predicted molar refractivity (Wildman–Crippen MR) is 76.0 cm³/mol. The SMILES string of the molecule is CC(C)(C)CS(=O)(=O)N1CCC(OCCC(=O)O)CC1. The lowest BCUT2D eigenvalue weighted by Crippen LogP contribution is -2.43. The number of ether oxygens (including phenoxy) is 1. The van der Waals surface area contributed by atoms with Crippen molar-refractivity contribution in [3.63, 3.8) is 0 Å². The third-order valence-corrected chi connectivity index (χ3v) is 5.46. The van der Waals surface area contributed by atoms with E-state index in [1.54, 1.807) is 0 Å². The summed E-state index contributed by atoms with van der Waals surface area (Å²) in [6.45, 7) is 6.83. The molecule has 0 spiro atoms.